The maximum atomic E-state index is 12.2. The van der Waals surface area contributed by atoms with Crippen molar-refractivity contribution in [3.8, 4) is 0 Å². The van der Waals surface area contributed by atoms with Crippen LogP contribution in [0, 0.1) is 0 Å². The number of anilines is 1. The van der Waals surface area contributed by atoms with Crippen molar-refractivity contribution >= 4 is 67.5 Å². The Morgan fingerprint density at radius 3 is 2.83 bits per heavy atom. The zero-order chi connectivity index (χ0) is 20.2. The van der Waals surface area contributed by atoms with Crippen molar-refractivity contribution in [3.63, 3.8) is 0 Å². The minimum Gasteiger partial charge on any atom is -0.361 e. The van der Waals surface area contributed by atoms with Gasteiger partial charge in [0.1, 0.15) is 5.25 Å². The molecule has 1 atom stereocenters. The number of H-pyrrole nitrogens is 1. The van der Waals surface area contributed by atoms with Gasteiger partial charge in [0.05, 0.1) is 6.21 Å². The van der Waals surface area contributed by atoms with E-state index >= 15 is 0 Å². The molecule has 146 valence electrons. The summed E-state index contributed by atoms with van der Waals surface area (Å²) in [5.74, 6) is -0.481. The number of aromatic amines is 1. The highest BCUT2D eigenvalue weighted by atomic mass is 79.9. The van der Waals surface area contributed by atoms with Crippen molar-refractivity contribution in [1.29, 1.82) is 0 Å². The second-order valence-electron chi connectivity index (χ2n) is 6.29. The van der Waals surface area contributed by atoms with Crippen LogP contribution in [0.4, 0.5) is 5.69 Å². The molecule has 2 aromatic carbocycles. The van der Waals surface area contributed by atoms with Crippen LogP contribution in [0.25, 0.3) is 10.9 Å². The quantitative estimate of drug-likeness (QED) is 0.390. The molecular weight excluding hydrogens is 454 g/mol. The molecule has 3 N–H and O–H groups in total. The number of halogens is 1. The number of thioether (sulfide) groups is 1. The van der Waals surface area contributed by atoms with Crippen molar-refractivity contribution in [3.05, 3.63) is 64.8 Å². The van der Waals surface area contributed by atoms with Crippen LogP contribution in [0.3, 0.4) is 0 Å². The maximum Gasteiger partial charge on any atom is 0.240 e. The third kappa shape index (κ3) is 4.75. The minimum atomic E-state index is -0.535. The molecule has 0 radical (unpaired) electrons. The van der Waals surface area contributed by atoms with Gasteiger partial charge in [0.2, 0.25) is 11.8 Å². The largest absolute Gasteiger partial charge is 0.361 e. The fraction of sp³-hybridized carbons (Fsp3) is 0.100. The summed E-state index contributed by atoms with van der Waals surface area (Å²) in [4.78, 5) is 27.5. The van der Waals surface area contributed by atoms with Gasteiger partial charge >= 0.3 is 0 Å². The Morgan fingerprint density at radius 1 is 1.21 bits per heavy atom. The van der Waals surface area contributed by atoms with Crippen molar-refractivity contribution in [2.24, 2.45) is 10.2 Å². The van der Waals surface area contributed by atoms with E-state index in [2.05, 4.69) is 41.8 Å². The minimum absolute atomic E-state index is 0.0533. The van der Waals surface area contributed by atoms with E-state index in [9.17, 15) is 9.59 Å². The smallest absolute Gasteiger partial charge is 0.240 e. The Balaban J connectivity index is 1.35. The fourth-order valence-corrected chi connectivity index (χ4v) is 4.03. The molecular formula is C20H16BrN5O2S. The first-order valence-corrected chi connectivity index (χ1v) is 10.5. The van der Waals surface area contributed by atoms with Gasteiger partial charge in [0.15, 0.2) is 5.17 Å². The van der Waals surface area contributed by atoms with Crippen molar-refractivity contribution in [1.82, 2.24) is 10.3 Å². The SMILES string of the molecule is O=C(C[C@@H]1S/C(=N\N=C/c2c[nH]c3ccccc23)NC1=O)Nc1ccc(Br)cc1. The Kier molecular flexibility index (Phi) is 5.77. The van der Waals surface area contributed by atoms with Gasteiger partial charge in [-0.15, -0.1) is 5.10 Å². The van der Waals surface area contributed by atoms with E-state index in [0.717, 1.165) is 20.9 Å². The molecule has 2 amide bonds. The first kappa shape index (κ1) is 19.4. The predicted molar refractivity (Wildman–Crippen MR) is 120 cm³/mol. The predicted octanol–water partition coefficient (Wildman–Crippen LogP) is 3.88. The van der Waals surface area contributed by atoms with Gasteiger partial charge in [0, 0.05) is 39.2 Å². The molecule has 1 aromatic heterocycles. The van der Waals surface area contributed by atoms with Crippen LogP contribution in [-0.2, 0) is 9.59 Å². The van der Waals surface area contributed by atoms with Gasteiger partial charge < -0.3 is 15.6 Å². The van der Waals surface area contributed by atoms with E-state index in [1.807, 2.05) is 42.6 Å². The molecule has 4 rings (SSSR count). The number of hydrogen-bond acceptors (Lipinski definition) is 5. The van der Waals surface area contributed by atoms with E-state index < -0.39 is 5.25 Å². The summed E-state index contributed by atoms with van der Waals surface area (Å²) < 4.78 is 0.926. The molecule has 0 saturated carbocycles. The highest BCUT2D eigenvalue weighted by molar-refractivity contribution is 9.10. The second kappa shape index (κ2) is 8.62. The highest BCUT2D eigenvalue weighted by Crippen LogP contribution is 2.23. The standard InChI is InChI=1S/C20H16BrN5O2S/c21-13-5-7-14(8-6-13)24-18(27)9-17-19(28)25-20(29-17)26-23-11-12-10-22-16-4-2-1-3-15(12)16/h1-8,10-11,17,22H,9H2,(H,24,27)(H,25,26,28)/b23-11-/t17-/m0/s1. The fourth-order valence-electron chi connectivity index (χ4n) is 2.84. The average Bonchev–Trinajstić information content (AvgIpc) is 3.27. The number of rotatable bonds is 5. The highest BCUT2D eigenvalue weighted by Gasteiger charge is 2.32. The zero-order valence-electron chi connectivity index (χ0n) is 15.1. The first-order valence-electron chi connectivity index (χ1n) is 8.78. The number of carbonyl (C=O) groups is 2. The Labute approximate surface area is 179 Å². The topological polar surface area (TPSA) is 98.7 Å². The van der Waals surface area contributed by atoms with Crippen LogP contribution < -0.4 is 10.6 Å². The van der Waals surface area contributed by atoms with E-state index in [1.54, 1.807) is 18.3 Å². The molecule has 0 bridgehead atoms. The molecule has 0 unspecified atom stereocenters. The Morgan fingerprint density at radius 2 is 2.00 bits per heavy atom. The van der Waals surface area contributed by atoms with Gasteiger partial charge in [-0.3, -0.25) is 9.59 Å². The molecule has 29 heavy (non-hydrogen) atoms. The number of nitrogens with one attached hydrogen (secondary N) is 3. The van der Waals surface area contributed by atoms with Crippen LogP contribution in [-0.4, -0.2) is 33.4 Å². The lowest BCUT2D eigenvalue weighted by molar-refractivity contribution is -0.122. The van der Waals surface area contributed by atoms with Crippen LogP contribution >= 0.6 is 27.7 Å². The number of fused-ring (bicyclic) bond motifs is 1. The van der Waals surface area contributed by atoms with Gasteiger partial charge in [-0.25, -0.2) is 0 Å². The van der Waals surface area contributed by atoms with Crippen LogP contribution in [0.15, 0.2) is 69.4 Å². The van der Waals surface area contributed by atoms with Gasteiger partial charge in [-0.05, 0) is 30.3 Å². The molecule has 9 heteroatoms. The van der Waals surface area contributed by atoms with Crippen LogP contribution in [0.2, 0.25) is 0 Å². The van der Waals surface area contributed by atoms with Gasteiger partial charge in [0.25, 0.3) is 0 Å². The number of amidine groups is 1. The molecule has 2 heterocycles. The van der Waals surface area contributed by atoms with Gasteiger partial charge in [-0.2, -0.15) is 5.10 Å². The number of para-hydroxylation sites is 1. The first-order chi connectivity index (χ1) is 14.1. The summed E-state index contributed by atoms with van der Waals surface area (Å²) in [6, 6.07) is 15.1. The number of aromatic nitrogens is 1. The summed E-state index contributed by atoms with van der Waals surface area (Å²) in [7, 11) is 0. The lowest BCUT2D eigenvalue weighted by atomic mass is 10.2. The Hall–Kier alpha value is -2.91. The zero-order valence-corrected chi connectivity index (χ0v) is 17.5. The number of carbonyl (C=O) groups excluding carboxylic acids is 2. The number of amides is 2. The second-order valence-corrected chi connectivity index (χ2v) is 8.40. The number of hydrogen-bond donors (Lipinski definition) is 3. The molecule has 1 aliphatic rings. The maximum absolute atomic E-state index is 12.2. The molecule has 0 aliphatic carbocycles. The number of nitrogens with zero attached hydrogens (tertiary/aromatic N) is 2. The summed E-state index contributed by atoms with van der Waals surface area (Å²) in [5.41, 5.74) is 2.60. The van der Waals surface area contributed by atoms with E-state index in [-0.39, 0.29) is 18.2 Å². The third-order valence-electron chi connectivity index (χ3n) is 4.24. The summed E-state index contributed by atoms with van der Waals surface area (Å²) in [6.07, 6.45) is 3.54. The lowest BCUT2D eigenvalue weighted by Gasteiger charge is -2.07. The van der Waals surface area contributed by atoms with E-state index in [4.69, 9.17) is 0 Å². The molecule has 1 fully saturated rings. The van der Waals surface area contributed by atoms with Crippen LogP contribution in [0.5, 0.6) is 0 Å². The van der Waals surface area contributed by atoms with Crippen LogP contribution in [0.1, 0.15) is 12.0 Å². The average molecular weight is 470 g/mol. The third-order valence-corrected chi connectivity index (χ3v) is 5.84. The molecule has 7 nitrogen and oxygen atoms in total. The van der Waals surface area contributed by atoms with Crippen molar-refractivity contribution in [2.45, 2.75) is 11.7 Å². The molecule has 1 aliphatic heterocycles. The normalized spacial score (nSPS) is 17.9. The van der Waals surface area contributed by atoms with Gasteiger partial charge in [-0.1, -0.05) is 45.9 Å². The van der Waals surface area contributed by atoms with E-state index in [1.165, 1.54) is 11.8 Å². The molecule has 1 saturated heterocycles. The summed E-state index contributed by atoms with van der Waals surface area (Å²) in [6.45, 7) is 0. The summed E-state index contributed by atoms with van der Waals surface area (Å²) >= 11 is 4.55. The van der Waals surface area contributed by atoms with E-state index in [0.29, 0.717) is 10.9 Å². The lowest BCUT2D eigenvalue weighted by Crippen LogP contribution is -2.28. The molecule has 0 spiro atoms. The Bertz CT molecular complexity index is 1120. The van der Waals surface area contributed by atoms with Crippen molar-refractivity contribution < 1.29 is 9.59 Å². The van der Waals surface area contributed by atoms with Crippen molar-refractivity contribution in [2.75, 3.05) is 5.32 Å². The monoisotopic (exact) mass is 469 g/mol. The molecule has 3 aromatic rings. The number of benzene rings is 2. The summed E-state index contributed by atoms with van der Waals surface area (Å²) in [5, 5.41) is 14.5.